The molecule has 0 unspecified atom stereocenters. The van der Waals surface area contributed by atoms with Crippen LogP contribution in [0.15, 0.2) is 0 Å². The molecule has 0 aromatic carbocycles. The van der Waals surface area contributed by atoms with Gasteiger partial charge in [-0.2, -0.15) is 0 Å². The van der Waals surface area contributed by atoms with Crippen LogP contribution in [-0.4, -0.2) is 67.7 Å². The summed E-state index contributed by atoms with van der Waals surface area (Å²) >= 11 is 0. The normalized spacial score (nSPS) is 15.3. The molecule has 230 valence electrons. The van der Waals surface area contributed by atoms with Gasteiger partial charge in [0.1, 0.15) is 17.7 Å². The molecule has 0 aromatic rings. The second-order valence-electron chi connectivity index (χ2n) is 11.6. The zero-order chi connectivity index (χ0) is 30.0. The van der Waals surface area contributed by atoms with Gasteiger partial charge in [0, 0.05) is 13.0 Å². The topological polar surface area (TPSA) is 152 Å². The molecule has 0 aliphatic heterocycles. The lowest BCUT2D eigenvalue weighted by Crippen LogP contribution is -2.53. The van der Waals surface area contributed by atoms with E-state index in [0.29, 0.717) is 51.0 Å². The van der Waals surface area contributed by atoms with E-state index in [2.05, 4.69) is 26.0 Å². The van der Waals surface area contributed by atoms with Crippen LogP contribution in [0, 0.1) is 5.92 Å². The summed E-state index contributed by atoms with van der Waals surface area (Å²) in [5.41, 5.74) is -0.702. The van der Waals surface area contributed by atoms with E-state index < -0.39 is 35.6 Å². The van der Waals surface area contributed by atoms with Gasteiger partial charge in [0.05, 0.1) is 13.7 Å². The third-order valence-electron chi connectivity index (χ3n) is 6.81. The van der Waals surface area contributed by atoms with Crippen LogP contribution in [0.2, 0.25) is 0 Å². The third kappa shape index (κ3) is 16.3. The molecular weight excluding hydrogens is 516 g/mol. The van der Waals surface area contributed by atoms with Crippen LogP contribution in [0.25, 0.3) is 0 Å². The molecule has 11 nitrogen and oxygen atoms in total. The molecule has 1 aliphatic rings. The third-order valence-corrected chi connectivity index (χ3v) is 6.81. The first-order valence-electron chi connectivity index (χ1n) is 14.9. The minimum absolute atomic E-state index is 0.245. The number of carbonyl (C=O) groups excluding carboxylic acids is 5. The van der Waals surface area contributed by atoms with Crippen molar-refractivity contribution in [2.24, 2.45) is 5.92 Å². The lowest BCUT2D eigenvalue weighted by atomic mass is 9.84. The van der Waals surface area contributed by atoms with Crippen molar-refractivity contribution < 1.29 is 33.4 Å². The SMILES string of the molecule is CCCC[C@@H](NC(=O)OC(C)(C)C)C(=O)NCC(=O)N[C@@H](CC1CCCCC1)C(=O)NCCCCCC(=O)OC. The van der Waals surface area contributed by atoms with Gasteiger partial charge in [-0.1, -0.05) is 58.3 Å². The van der Waals surface area contributed by atoms with Gasteiger partial charge in [-0.3, -0.25) is 19.2 Å². The summed E-state index contributed by atoms with van der Waals surface area (Å²) in [4.78, 5) is 62.0. The summed E-state index contributed by atoms with van der Waals surface area (Å²) in [5.74, 6) is -1.08. The van der Waals surface area contributed by atoms with E-state index in [9.17, 15) is 24.0 Å². The van der Waals surface area contributed by atoms with Crippen molar-refractivity contribution in [3.8, 4) is 0 Å². The molecule has 2 atom stereocenters. The molecule has 0 spiro atoms. The van der Waals surface area contributed by atoms with Gasteiger partial charge in [0.15, 0.2) is 0 Å². The summed E-state index contributed by atoms with van der Waals surface area (Å²) in [6, 6.07) is -1.53. The number of carbonyl (C=O) groups is 5. The average molecular weight is 569 g/mol. The van der Waals surface area contributed by atoms with Gasteiger partial charge in [-0.15, -0.1) is 0 Å². The molecule has 1 saturated carbocycles. The highest BCUT2D eigenvalue weighted by molar-refractivity contribution is 5.92. The predicted molar refractivity (Wildman–Crippen MR) is 152 cm³/mol. The monoisotopic (exact) mass is 568 g/mol. The molecule has 0 aromatic heterocycles. The molecule has 11 heteroatoms. The van der Waals surface area contributed by atoms with Crippen LogP contribution < -0.4 is 21.3 Å². The van der Waals surface area contributed by atoms with Crippen molar-refractivity contribution >= 4 is 29.8 Å². The number of esters is 1. The minimum Gasteiger partial charge on any atom is -0.469 e. The molecule has 0 heterocycles. The Hall–Kier alpha value is -2.85. The Bertz CT molecular complexity index is 807. The Morgan fingerprint density at radius 2 is 1.52 bits per heavy atom. The fourth-order valence-electron chi connectivity index (χ4n) is 4.66. The second-order valence-corrected chi connectivity index (χ2v) is 11.6. The maximum Gasteiger partial charge on any atom is 0.408 e. The average Bonchev–Trinajstić information content (AvgIpc) is 2.90. The first-order valence-corrected chi connectivity index (χ1v) is 14.9. The minimum atomic E-state index is -0.830. The number of hydrogen-bond donors (Lipinski definition) is 4. The molecule has 0 bridgehead atoms. The van der Waals surface area contributed by atoms with Crippen LogP contribution in [0.3, 0.4) is 0 Å². The highest BCUT2D eigenvalue weighted by Crippen LogP contribution is 2.27. The van der Waals surface area contributed by atoms with Gasteiger partial charge in [0.2, 0.25) is 17.7 Å². The van der Waals surface area contributed by atoms with Crippen LogP contribution in [0.5, 0.6) is 0 Å². The number of alkyl carbamates (subject to hydrolysis) is 1. The zero-order valence-electron chi connectivity index (χ0n) is 25.2. The molecule has 1 aliphatic carbocycles. The molecule has 4 N–H and O–H groups in total. The van der Waals surface area contributed by atoms with Crippen LogP contribution in [0.1, 0.15) is 111 Å². The van der Waals surface area contributed by atoms with E-state index in [-0.39, 0.29) is 18.4 Å². The zero-order valence-corrected chi connectivity index (χ0v) is 25.2. The lowest BCUT2D eigenvalue weighted by molar-refractivity contribution is -0.140. The predicted octanol–water partition coefficient (Wildman–Crippen LogP) is 3.49. The van der Waals surface area contributed by atoms with Crippen molar-refractivity contribution in [2.75, 3.05) is 20.2 Å². The summed E-state index contributed by atoms with van der Waals surface area (Å²) in [6.07, 6.45) is 9.83. The Morgan fingerprint density at radius 3 is 2.15 bits per heavy atom. The summed E-state index contributed by atoms with van der Waals surface area (Å²) in [6.45, 7) is 7.34. The number of methoxy groups -OCH3 is 1. The number of ether oxygens (including phenoxy) is 2. The number of nitrogens with one attached hydrogen (secondary N) is 4. The van der Waals surface area contributed by atoms with Gasteiger partial charge < -0.3 is 30.7 Å². The number of hydrogen-bond acceptors (Lipinski definition) is 7. The van der Waals surface area contributed by atoms with Crippen LogP contribution in [-0.2, 0) is 28.7 Å². The Labute approximate surface area is 239 Å². The van der Waals surface area contributed by atoms with E-state index in [1.165, 1.54) is 13.5 Å². The van der Waals surface area contributed by atoms with Crippen LogP contribution >= 0.6 is 0 Å². The van der Waals surface area contributed by atoms with Gasteiger partial charge in [0.25, 0.3) is 0 Å². The Kier molecular flexibility index (Phi) is 16.9. The van der Waals surface area contributed by atoms with Gasteiger partial charge in [-0.25, -0.2) is 4.79 Å². The fourth-order valence-corrected chi connectivity index (χ4v) is 4.66. The smallest absolute Gasteiger partial charge is 0.408 e. The number of unbranched alkanes of at least 4 members (excludes halogenated alkanes) is 3. The second kappa shape index (κ2) is 19.3. The van der Waals surface area contributed by atoms with E-state index in [0.717, 1.165) is 38.5 Å². The quantitative estimate of drug-likeness (QED) is 0.155. The first-order chi connectivity index (χ1) is 18.9. The van der Waals surface area contributed by atoms with E-state index in [1.807, 2.05) is 6.92 Å². The molecule has 40 heavy (non-hydrogen) atoms. The highest BCUT2D eigenvalue weighted by atomic mass is 16.6. The van der Waals surface area contributed by atoms with Crippen molar-refractivity contribution in [1.82, 2.24) is 21.3 Å². The molecule has 0 radical (unpaired) electrons. The van der Waals surface area contributed by atoms with E-state index in [1.54, 1.807) is 20.8 Å². The highest BCUT2D eigenvalue weighted by Gasteiger charge is 2.27. The Balaban J connectivity index is 2.65. The standard InChI is InChI=1S/C29H52N4O7/c1-6-7-16-22(33-28(38)40-29(2,3)4)26(36)31-20-24(34)32-23(19-21-14-10-8-11-15-21)27(37)30-18-13-9-12-17-25(35)39-5/h21-23H,6-20H2,1-5H3,(H,30,37)(H,31,36)(H,32,34)(H,33,38)/t22-,23+/m1/s1. The van der Waals surface area contributed by atoms with Crippen LogP contribution in [0.4, 0.5) is 4.79 Å². The Morgan fingerprint density at radius 1 is 0.850 bits per heavy atom. The molecule has 0 saturated heterocycles. The molecule has 1 fully saturated rings. The first kappa shape index (κ1) is 35.2. The van der Waals surface area contributed by atoms with Crippen molar-refractivity contribution in [2.45, 2.75) is 129 Å². The summed E-state index contributed by atoms with van der Waals surface area (Å²) in [7, 11) is 1.36. The van der Waals surface area contributed by atoms with Crippen molar-refractivity contribution in [3.63, 3.8) is 0 Å². The summed E-state index contributed by atoms with van der Waals surface area (Å²) in [5, 5.41) is 10.9. The largest absolute Gasteiger partial charge is 0.469 e. The maximum atomic E-state index is 13.0. The maximum absolute atomic E-state index is 13.0. The summed E-state index contributed by atoms with van der Waals surface area (Å²) < 4.78 is 9.91. The lowest BCUT2D eigenvalue weighted by Gasteiger charge is -2.27. The van der Waals surface area contributed by atoms with Gasteiger partial charge in [-0.05, 0) is 52.4 Å². The molecule has 1 rings (SSSR count). The van der Waals surface area contributed by atoms with Crippen molar-refractivity contribution in [3.05, 3.63) is 0 Å². The van der Waals surface area contributed by atoms with E-state index >= 15 is 0 Å². The number of rotatable bonds is 17. The fraction of sp³-hybridized carbons (Fsp3) is 0.828. The molecule has 4 amide bonds. The molecular formula is C29H52N4O7. The van der Waals surface area contributed by atoms with E-state index in [4.69, 9.17) is 4.74 Å². The van der Waals surface area contributed by atoms with Gasteiger partial charge >= 0.3 is 12.1 Å². The number of amides is 4. The van der Waals surface area contributed by atoms with Crippen molar-refractivity contribution in [1.29, 1.82) is 0 Å².